The zero-order valence-electron chi connectivity index (χ0n) is 9.42. The molecule has 0 aliphatic rings. The molecule has 0 saturated carbocycles. The lowest BCUT2D eigenvalue weighted by Crippen LogP contribution is -2.12. The maximum atomic E-state index is 12.1. The number of hydrogen-bond acceptors (Lipinski definition) is 5. The normalized spacial score (nSPS) is 11.1. The number of carbonyl (C=O) groups is 1. The standard InChI is InChI=1S/C11H9ClN2O3S/c1-3-18-11(13-2)10(15)8-6-7(12)4-5-9(8)14(16)17/h3-6H,1H2,2H3. The maximum Gasteiger partial charge on any atom is 0.280 e. The van der Waals surface area contributed by atoms with Crippen LogP contribution in [0.15, 0.2) is 35.2 Å². The number of halogens is 1. The predicted octanol–water partition coefficient (Wildman–Crippen LogP) is 3.34. The van der Waals surface area contributed by atoms with Gasteiger partial charge in [-0.25, -0.2) is 0 Å². The molecular formula is C11H9ClN2O3S. The van der Waals surface area contributed by atoms with Crippen LogP contribution < -0.4 is 0 Å². The molecule has 0 radical (unpaired) electrons. The van der Waals surface area contributed by atoms with Gasteiger partial charge in [-0.1, -0.05) is 29.9 Å². The van der Waals surface area contributed by atoms with Gasteiger partial charge in [-0.15, -0.1) is 0 Å². The smallest absolute Gasteiger partial charge is 0.280 e. The molecule has 0 aliphatic carbocycles. The van der Waals surface area contributed by atoms with Crippen molar-refractivity contribution >= 4 is 39.9 Å². The number of ketones is 1. The molecule has 5 nitrogen and oxygen atoms in total. The number of benzene rings is 1. The van der Waals surface area contributed by atoms with Crippen molar-refractivity contribution in [1.29, 1.82) is 0 Å². The Morgan fingerprint density at radius 3 is 2.78 bits per heavy atom. The van der Waals surface area contributed by atoms with Crippen LogP contribution in [0.2, 0.25) is 5.02 Å². The summed E-state index contributed by atoms with van der Waals surface area (Å²) in [6.45, 7) is 3.47. The van der Waals surface area contributed by atoms with E-state index in [1.54, 1.807) is 0 Å². The third-order valence-corrected chi connectivity index (χ3v) is 2.99. The first-order chi connectivity index (χ1) is 8.51. The summed E-state index contributed by atoms with van der Waals surface area (Å²) in [6, 6.07) is 3.82. The fraction of sp³-hybridized carbons (Fsp3) is 0.0909. The van der Waals surface area contributed by atoms with E-state index in [0.29, 0.717) is 0 Å². The van der Waals surface area contributed by atoms with Crippen LogP contribution in [0.5, 0.6) is 0 Å². The average Bonchev–Trinajstić information content (AvgIpc) is 2.34. The Morgan fingerprint density at radius 2 is 2.28 bits per heavy atom. The highest BCUT2D eigenvalue weighted by molar-refractivity contribution is 8.18. The van der Waals surface area contributed by atoms with Gasteiger partial charge in [-0.2, -0.15) is 0 Å². The quantitative estimate of drug-likeness (QED) is 0.279. The zero-order chi connectivity index (χ0) is 13.7. The van der Waals surface area contributed by atoms with Crippen molar-refractivity contribution in [3.8, 4) is 0 Å². The van der Waals surface area contributed by atoms with Crippen molar-refractivity contribution in [2.45, 2.75) is 0 Å². The molecule has 1 rings (SSSR count). The first-order valence-electron chi connectivity index (χ1n) is 4.74. The van der Waals surface area contributed by atoms with Gasteiger partial charge in [0.2, 0.25) is 5.78 Å². The Hall–Kier alpha value is -1.66. The van der Waals surface area contributed by atoms with Crippen molar-refractivity contribution < 1.29 is 9.72 Å². The molecule has 0 N–H and O–H groups in total. The second-order valence-electron chi connectivity index (χ2n) is 3.06. The van der Waals surface area contributed by atoms with Crippen LogP contribution >= 0.6 is 23.4 Å². The van der Waals surface area contributed by atoms with Crippen LogP contribution in [0.4, 0.5) is 5.69 Å². The van der Waals surface area contributed by atoms with Crippen LogP contribution in [-0.4, -0.2) is 22.8 Å². The molecule has 0 aliphatic heterocycles. The molecule has 7 heteroatoms. The van der Waals surface area contributed by atoms with Gasteiger partial charge in [0.15, 0.2) is 0 Å². The second-order valence-corrected chi connectivity index (χ2v) is 4.45. The highest BCUT2D eigenvalue weighted by Gasteiger charge is 2.23. The Morgan fingerprint density at radius 1 is 1.61 bits per heavy atom. The third-order valence-electron chi connectivity index (χ3n) is 1.99. The summed E-state index contributed by atoms with van der Waals surface area (Å²) in [5, 5.41) is 12.7. The molecule has 0 fully saturated rings. The van der Waals surface area contributed by atoms with E-state index in [9.17, 15) is 14.9 Å². The molecule has 0 unspecified atom stereocenters. The number of nitrogens with zero attached hydrogens (tertiary/aromatic N) is 2. The van der Waals surface area contributed by atoms with Crippen molar-refractivity contribution in [3.05, 3.63) is 50.9 Å². The Kier molecular flexibility index (Phi) is 5.06. The molecule has 0 heterocycles. The summed E-state index contributed by atoms with van der Waals surface area (Å²) < 4.78 is 0. The van der Waals surface area contributed by atoms with Crippen LogP contribution in [-0.2, 0) is 0 Å². The molecule has 1 aromatic carbocycles. The monoisotopic (exact) mass is 284 g/mol. The van der Waals surface area contributed by atoms with E-state index in [2.05, 4.69) is 11.6 Å². The summed E-state index contributed by atoms with van der Waals surface area (Å²) >= 11 is 6.75. The van der Waals surface area contributed by atoms with Gasteiger partial charge < -0.3 is 0 Å². The largest absolute Gasteiger partial charge is 0.286 e. The van der Waals surface area contributed by atoms with E-state index >= 15 is 0 Å². The average molecular weight is 285 g/mol. The summed E-state index contributed by atoms with van der Waals surface area (Å²) in [4.78, 5) is 26.1. The number of nitro benzene ring substituents is 1. The summed E-state index contributed by atoms with van der Waals surface area (Å²) in [7, 11) is 1.43. The second kappa shape index (κ2) is 6.32. The molecule has 0 saturated heterocycles. The van der Waals surface area contributed by atoms with E-state index in [4.69, 9.17) is 11.6 Å². The van der Waals surface area contributed by atoms with Crippen LogP contribution in [0.25, 0.3) is 0 Å². The maximum absolute atomic E-state index is 12.1. The number of aliphatic imine (C=N–C) groups is 1. The fourth-order valence-electron chi connectivity index (χ4n) is 1.25. The van der Waals surface area contributed by atoms with Crippen LogP contribution in [0.1, 0.15) is 10.4 Å². The van der Waals surface area contributed by atoms with E-state index in [-0.39, 0.29) is 21.3 Å². The number of nitro groups is 1. The lowest BCUT2D eigenvalue weighted by molar-refractivity contribution is -0.385. The van der Waals surface area contributed by atoms with E-state index in [0.717, 1.165) is 11.8 Å². The molecule has 0 aromatic heterocycles. The van der Waals surface area contributed by atoms with Crippen molar-refractivity contribution in [1.82, 2.24) is 0 Å². The molecular weight excluding hydrogens is 276 g/mol. The minimum atomic E-state index is -0.630. The highest BCUT2D eigenvalue weighted by Crippen LogP contribution is 2.25. The van der Waals surface area contributed by atoms with Gasteiger partial charge in [-0.05, 0) is 17.5 Å². The summed E-state index contributed by atoms with van der Waals surface area (Å²) in [5.41, 5.74) is -0.377. The fourth-order valence-corrected chi connectivity index (χ4v) is 1.90. The Balaban J connectivity index is 3.31. The minimum Gasteiger partial charge on any atom is -0.286 e. The zero-order valence-corrected chi connectivity index (χ0v) is 11.0. The minimum absolute atomic E-state index is 0.0811. The molecule has 1 aromatic rings. The van der Waals surface area contributed by atoms with E-state index in [1.165, 1.54) is 30.7 Å². The SMILES string of the molecule is C=CSC(=NC)C(=O)c1cc(Cl)ccc1[N+](=O)[O-]. The van der Waals surface area contributed by atoms with E-state index in [1.807, 2.05) is 0 Å². The first kappa shape index (κ1) is 14.4. The molecule has 0 bridgehead atoms. The highest BCUT2D eigenvalue weighted by atomic mass is 35.5. The number of hydrogen-bond donors (Lipinski definition) is 0. The van der Waals surface area contributed by atoms with Crippen LogP contribution in [0, 0.1) is 10.1 Å². The lowest BCUT2D eigenvalue weighted by Gasteiger charge is -2.03. The molecule has 94 valence electrons. The van der Waals surface area contributed by atoms with Crippen molar-refractivity contribution in [3.63, 3.8) is 0 Å². The number of rotatable bonds is 4. The van der Waals surface area contributed by atoms with Gasteiger partial charge in [0, 0.05) is 18.1 Å². The first-order valence-corrected chi connectivity index (χ1v) is 6.00. The van der Waals surface area contributed by atoms with Crippen LogP contribution in [0.3, 0.4) is 0 Å². The van der Waals surface area contributed by atoms with Crippen molar-refractivity contribution in [2.75, 3.05) is 7.05 Å². The number of carbonyl (C=O) groups excluding carboxylic acids is 1. The van der Waals surface area contributed by atoms with E-state index < -0.39 is 10.7 Å². The molecule has 0 atom stereocenters. The third kappa shape index (κ3) is 3.18. The topological polar surface area (TPSA) is 72.6 Å². The van der Waals surface area contributed by atoms with Gasteiger partial charge in [0.05, 0.1) is 4.92 Å². The molecule has 0 amide bonds. The van der Waals surface area contributed by atoms with Crippen molar-refractivity contribution in [2.24, 2.45) is 4.99 Å². The van der Waals surface area contributed by atoms with Gasteiger partial charge in [0.1, 0.15) is 10.6 Å². The molecule has 0 spiro atoms. The van der Waals surface area contributed by atoms with Gasteiger partial charge in [0.25, 0.3) is 5.69 Å². The van der Waals surface area contributed by atoms with Gasteiger partial charge in [-0.3, -0.25) is 19.9 Å². The summed E-state index contributed by atoms with van der Waals surface area (Å²) in [6.07, 6.45) is 0. The Labute approximate surface area is 113 Å². The van der Waals surface area contributed by atoms with Gasteiger partial charge >= 0.3 is 0 Å². The number of thioether (sulfide) groups is 1. The molecule has 18 heavy (non-hydrogen) atoms. The number of Topliss-reactive ketones (excluding diaryl/α,β-unsaturated/α-hetero) is 1. The Bertz CT molecular complexity index is 543. The predicted molar refractivity (Wildman–Crippen MR) is 73.6 cm³/mol. The summed E-state index contributed by atoms with van der Waals surface area (Å²) in [5.74, 6) is -0.545. The lowest BCUT2D eigenvalue weighted by atomic mass is 10.1.